The molecule has 0 aromatic carbocycles. The van der Waals surface area contributed by atoms with Gasteiger partial charge in [-0.05, 0) is 6.42 Å². The highest BCUT2D eigenvalue weighted by Gasteiger charge is 2.22. The number of hydrogen-bond donors (Lipinski definition) is 2. The molecule has 8 heteroatoms. The number of carbonyl (C=O) groups excluding carboxylic acids is 1. The van der Waals surface area contributed by atoms with Gasteiger partial charge in [-0.15, -0.1) is 0 Å². The van der Waals surface area contributed by atoms with Crippen molar-refractivity contribution in [2.24, 2.45) is 0 Å². The molecule has 2 N–H and O–H groups in total. The first-order chi connectivity index (χ1) is 7.56. The summed E-state index contributed by atoms with van der Waals surface area (Å²) in [6.45, 7) is 0. The van der Waals surface area contributed by atoms with Gasteiger partial charge in [-0.1, -0.05) is 0 Å². The van der Waals surface area contributed by atoms with Gasteiger partial charge in [0.15, 0.2) is 0 Å². The van der Waals surface area contributed by atoms with Crippen molar-refractivity contribution in [3.8, 4) is 0 Å². The highest BCUT2D eigenvalue weighted by Crippen LogP contribution is 2.11. The molecule has 0 radical (unpaired) electrons. The third-order valence-electron chi connectivity index (χ3n) is 2.05. The second kappa shape index (κ2) is 5.10. The predicted octanol–water partition coefficient (Wildman–Crippen LogP) is -0.850. The van der Waals surface area contributed by atoms with E-state index >= 15 is 0 Å². The Hall–Kier alpha value is -2.12. The molecular weight excluding hydrogens is 218 g/mol. The van der Waals surface area contributed by atoms with Crippen LogP contribution in [0.5, 0.6) is 0 Å². The number of carboxylic acid groups (broad SMARTS) is 1. The summed E-state index contributed by atoms with van der Waals surface area (Å²) in [4.78, 5) is 32.9. The second-order valence-electron chi connectivity index (χ2n) is 3.04. The zero-order chi connectivity index (χ0) is 12.1. The number of aliphatic carboxylic acids is 1. The number of carboxylic acids is 1. The fourth-order valence-corrected chi connectivity index (χ4v) is 1.22. The third kappa shape index (κ3) is 2.69. The van der Waals surface area contributed by atoms with Crippen LogP contribution in [0.3, 0.4) is 0 Å². The maximum atomic E-state index is 11.1. The van der Waals surface area contributed by atoms with E-state index in [1.165, 1.54) is 7.11 Å². The lowest BCUT2D eigenvalue weighted by Crippen LogP contribution is -2.28. The van der Waals surface area contributed by atoms with Gasteiger partial charge in [0.05, 0.1) is 7.11 Å². The topological polar surface area (TPSA) is 114 Å². The molecule has 0 aliphatic carbocycles. The molecule has 1 unspecified atom stereocenters. The first-order valence-corrected chi connectivity index (χ1v) is 4.47. The van der Waals surface area contributed by atoms with Gasteiger partial charge in [0.25, 0.3) is 0 Å². The monoisotopic (exact) mass is 229 g/mol. The molecule has 16 heavy (non-hydrogen) atoms. The molecule has 0 aliphatic heterocycles. The van der Waals surface area contributed by atoms with Gasteiger partial charge in [-0.25, -0.2) is 14.7 Å². The number of methoxy groups -OCH3 is 1. The lowest BCUT2D eigenvalue weighted by Gasteiger charge is -2.10. The summed E-state index contributed by atoms with van der Waals surface area (Å²) in [5.41, 5.74) is -0.628. The number of ether oxygens (including phenoxy) is 1. The quantitative estimate of drug-likeness (QED) is 0.635. The van der Waals surface area contributed by atoms with Crippen LogP contribution in [-0.4, -0.2) is 38.9 Å². The van der Waals surface area contributed by atoms with Crippen molar-refractivity contribution in [1.82, 2.24) is 14.8 Å². The van der Waals surface area contributed by atoms with E-state index < -0.39 is 23.7 Å². The number of aromatic amines is 1. The van der Waals surface area contributed by atoms with E-state index in [0.29, 0.717) is 0 Å². The molecule has 8 nitrogen and oxygen atoms in total. The summed E-state index contributed by atoms with van der Waals surface area (Å²) in [5.74, 6) is -1.73. The molecule has 1 rings (SSSR count). The van der Waals surface area contributed by atoms with Crippen LogP contribution in [0.15, 0.2) is 11.1 Å². The number of carbonyl (C=O) groups is 2. The largest absolute Gasteiger partial charge is 0.480 e. The number of rotatable bonds is 5. The van der Waals surface area contributed by atoms with Gasteiger partial charge in [-0.3, -0.25) is 9.36 Å². The van der Waals surface area contributed by atoms with Crippen molar-refractivity contribution in [2.45, 2.75) is 18.9 Å². The Kier molecular flexibility index (Phi) is 3.81. The lowest BCUT2D eigenvalue weighted by molar-refractivity contribution is -0.143. The lowest BCUT2D eigenvalue weighted by atomic mass is 10.1. The average molecular weight is 229 g/mol. The van der Waals surface area contributed by atoms with Crippen molar-refractivity contribution in [3.63, 3.8) is 0 Å². The highest BCUT2D eigenvalue weighted by atomic mass is 16.5. The first-order valence-electron chi connectivity index (χ1n) is 4.47. The second-order valence-corrected chi connectivity index (χ2v) is 3.04. The zero-order valence-electron chi connectivity index (χ0n) is 8.54. The van der Waals surface area contributed by atoms with E-state index in [4.69, 9.17) is 5.11 Å². The van der Waals surface area contributed by atoms with Crippen LogP contribution in [0.25, 0.3) is 0 Å². The number of aromatic nitrogens is 3. The van der Waals surface area contributed by atoms with Gasteiger partial charge in [0.1, 0.15) is 12.4 Å². The van der Waals surface area contributed by atoms with Gasteiger partial charge in [0.2, 0.25) is 0 Å². The minimum Gasteiger partial charge on any atom is -0.480 e. The Morgan fingerprint density at radius 1 is 1.69 bits per heavy atom. The molecule has 1 aromatic heterocycles. The van der Waals surface area contributed by atoms with E-state index in [2.05, 4.69) is 14.9 Å². The van der Waals surface area contributed by atoms with Gasteiger partial charge < -0.3 is 9.84 Å². The van der Waals surface area contributed by atoms with Crippen LogP contribution in [0, 0.1) is 0 Å². The fourth-order valence-electron chi connectivity index (χ4n) is 1.22. The minimum atomic E-state index is -1.20. The zero-order valence-corrected chi connectivity index (χ0v) is 8.54. The summed E-state index contributed by atoms with van der Waals surface area (Å²) < 4.78 is 5.31. The molecule has 0 bridgehead atoms. The number of esters is 1. The van der Waals surface area contributed by atoms with Crippen LogP contribution in [0.2, 0.25) is 0 Å². The number of nitrogens with zero attached hydrogens (tertiary/aromatic N) is 2. The summed E-state index contributed by atoms with van der Waals surface area (Å²) in [5, 5.41) is 14.4. The first kappa shape index (κ1) is 12.0. The normalized spacial score (nSPS) is 12.1. The summed E-state index contributed by atoms with van der Waals surface area (Å²) in [6, 6.07) is -1.12. The van der Waals surface area contributed by atoms with E-state index in [9.17, 15) is 14.4 Å². The molecule has 0 spiro atoms. The van der Waals surface area contributed by atoms with Crippen molar-refractivity contribution in [3.05, 3.63) is 16.8 Å². The smallest absolute Gasteiger partial charge is 0.343 e. The van der Waals surface area contributed by atoms with Crippen LogP contribution in [0.1, 0.15) is 18.9 Å². The standard InChI is InChI=1S/C8H11N3O5/c1-16-6(12)3-2-5(7(13)14)11-4-9-10-8(11)15/h4-5H,2-3H2,1H3,(H,10,15)(H,13,14). The fraction of sp³-hybridized carbons (Fsp3) is 0.500. The molecule has 0 aliphatic rings. The van der Waals surface area contributed by atoms with Crippen molar-refractivity contribution < 1.29 is 19.4 Å². The molecule has 1 aromatic rings. The van der Waals surface area contributed by atoms with Crippen LogP contribution in [-0.2, 0) is 14.3 Å². The van der Waals surface area contributed by atoms with E-state index in [0.717, 1.165) is 10.9 Å². The molecule has 1 atom stereocenters. The number of hydrogen-bond acceptors (Lipinski definition) is 5. The highest BCUT2D eigenvalue weighted by molar-refractivity contribution is 5.74. The van der Waals surface area contributed by atoms with Crippen LogP contribution < -0.4 is 5.69 Å². The van der Waals surface area contributed by atoms with E-state index in [1.807, 2.05) is 0 Å². The van der Waals surface area contributed by atoms with E-state index in [1.54, 1.807) is 0 Å². The summed E-state index contributed by atoms with van der Waals surface area (Å²) in [7, 11) is 1.21. The van der Waals surface area contributed by atoms with Crippen molar-refractivity contribution in [2.75, 3.05) is 7.11 Å². The average Bonchev–Trinajstić information content (AvgIpc) is 2.64. The number of nitrogens with one attached hydrogen (secondary N) is 1. The summed E-state index contributed by atoms with van der Waals surface area (Å²) in [6.07, 6.45) is 0.977. The van der Waals surface area contributed by atoms with Crippen molar-refractivity contribution in [1.29, 1.82) is 0 Å². The Morgan fingerprint density at radius 2 is 2.38 bits per heavy atom. The minimum absolute atomic E-state index is 0.0263. The Bertz CT molecular complexity index is 435. The van der Waals surface area contributed by atoms with Gasteiger partial charge >= 0.3 is 17.6 Å². The molecule has 0 saturated carbocycles. The Labute approximate surface area is 89.8 Å². The Balaban J connectivity index is 2.77. The molecule has 1 heterocycles. The predicted molar refractivity (Wildman–Crippen MR) is 50.8 cm³/mol. The molecule has 0 fully saturated rings. The van der Waals surface area contributed by atoms with Crippen LogP contribution in [0.4, 0.5) is 0 Å². The molecule has 0 amide bonds. The molecule has 88 valence electrons. The maximum Gasteiger partial charge on any atom is 0.343 e. The number of H-pyrrole nitrogens is 1. The third-order valence-corrected chi connectivity index (χ3v) is 2.05. The molecular formula is C8H11N3O5. The Morgan fingerprint density at radius 3 is 2.81 bits per heavy atom. The SMILES string of the molecule is COC(=O)CCC(C(=O)O)n1cn[nH]c1=O. The van der Waals surface area contributed by atoms with Gasteiger partial charge in [0, 0.05) is 6.42 Å². The summed E-state index contributed by atoms with van der Waals surface area (Å²) >= 11 is 0. The molecule has 0 saturated heterocycles. The van der Waals surface area contributed by atoms with Crippen LogP contribution >= 0.6 is 0 Å². The van der Waals surface area contributed by atoms with Gasteiger partial charge in [-0.2, -0.15) is 5.10 Å². The van der Waals surface area contributed by atoms with Crippen molar-refractivity contribution >= 4 is 11.9 Å². The van der Waals surface area contributed by atoms with E-state index in [-0.39, 0.29) is 12.8 Å². The maximum absolute atomic E-state index is 11.1.